The molecule has 14 heteroatoms. The van der Waals surface area contributed by atoms with Crippen LogP contribution in [0.2, 0.25) is 5.28 Å². The number of piperazine rings is 1. The van der Waals surface area contributed by atoms with E-state index in [4.69, 9.17) is 17.3 Å². The van der Waals surface area contributed by atoms with Crippen molar-refractivity contribution in [1.29, 1.82) is 0 Å². The number of nitro benzene ring substituents is 1. The smallest absolute Gasteiger partial charge is 0.269 e. The number of nitro groups is 1. The van der Waals surface area contributed by atoms with Crippen LogP contribution in [-0.4, -0.2) is 77.4 Å². The SMILES string of the molecule is CN1CCN(c2ccc([N+](=O)[O-])cc2CC(=O)NC[C@@H]2C[C@@H]3C[C@H]2[C@@H](Nc2nc(Cl)ncc2F)[C@H]3C(N)=O)CC1. The first-order valence-electron chi connectivity index (χ1n) is 13.3. The van der Waals surface area contributed by atoms with Crippen LogP contribution >= 0.6 is 11.6 Å². The molecule has 214 valence electrons. The molecule has 1 saturated heterocycles. The van der Waals surface area contributed by atoms with Crippen molar-refractivity contribution in [3.05, 3.63) is 51.2 Å². The van der Waals surface area contributed by atoms with Crippen LogP contribution in [0.1, 0.15) is 18.4 Å². The maximum absolute atomic E-state index is 14.3. The number of amides is 2. The summed E-state index contributed by atoms with van der Waals surface area (Å²) < 4.78 is 14.3. The molecule has 40 heavy (non-hydrogen) atoms. The number of carbonyl (C=O) groups is 2. The highest BCUT2D eigenvalue weighted by molar-refractivity contribution is 6.28. The maximum atomic E-state index is 14.3. The Morgan fingerprint density at radius 1 is 1.25 bits per heavy atom. The van der Waals surface area contributed by atoms with Gasteiger partial charge in [-0.1, -0.05) is 0 Å². The second-order valence-corrected chi connectivity index (χ2v) is 11.3. The summed E-state index contributed by atoms with van der Waals surface area (Å²) >= 11 is 5.84. The van der Waals surface area contributed by atoms with E-state index in [-0.39, 0.29) is 46.9 Å². The van der Waals surface area contributed by atoms with E-state index in [9.17, 15) is 24.1 Å². The predicted octanol–water partition coefficient (Wildman–Crippen LogP) is 1.83. The number of benzene rings is 1. The van der Waals surface area contributed by atoms with E-state index in [1.54, 1.807) is 6.07 Å². The summed E-state index contributed by atoms with van der Waals surface area (Å²) in [5, 5.41) is 17.3. The lowest BCUT2D eigenvalue weighted by molar-refractivity contribution is -0.384. The molecular weight excluding hydrogens is 543 g/mol. The van der Waals surface area contributed by atoms with E-state index in [2.05, 4.69) is 30.4 Å². The van der Waals surface area contributed by atoms with Gasteiger partial charge >= 0.3 is 0 Å². The number of carbonyl (C=O) groups excluding carboxylic acids is 2. The van der Waals surface area contributed by atoms with Crippen LogP contribution < -0.4 is 21.3 Å². The van der Waals surface area contributed by atoms with Gasteiger partial charge in [0, 0.05) is 56.6 Å². The minimum atomic E-state index is -0.687. The van der Waals surface area contributed by atoms with Gasteiger partial charge in [-0.05, 0) is 60.9 Å². The average molecular weight is 575 g/mol. The van der Waals surface area contributed by atoms with Crippen molar-refractivity contribution in [3.8, 4) is 0 Å². The minimum absolute atomic E-state index is 0.000400. The van der Waals surface area contributed by atoms with Gasteiger partial charge < -0.3 is 26.2 Å². The fourth-order valence-electron chi connectivity index (χ4n) is 6.60. The Hall–Kier alpha value is -3.58. The van der Waals surface area contributed by atoms with Gasteiger partial charge in [-0.15, -0.1) is 0 Å². The van der Waals surface area contributed by atoms with Gasteiger partial charge in [-0.25, -0.2) is 9.37 Å². The summed E-state index contributed by atoms with van der Waals surface area (Å²) in [6.07, 6.45) is 2.38. The molecule has 12 nitrogen and oxygen atoms in total. The minimum Gasteiger partial charge on any atom is -0.369 e. The van der Waals surface area contributed by atoms with Crippen LogP contribution in [0.3, 0.4) is 0 Å². The van der Waals surface area contributed by atoms with E-state index in [1.807, 2.05) is 7.05 Å². The van der Waals surface area contributed by atoms with Crippen molar-refractivity contribution in [3.63, 3.8) is 0 Å². The van der Waals surface area contributed by atoms with Gasteiger partial charge in [0.1, 0.15) is 0 Å². The summed E-state index contributed by atoms with van der Waals surface area (Å²) in [6.45, 7) is 3.61. The Labute approximate surface area is 235 Å². The number of fused-ring (bicyclic) bond motifs is 2. The van der Waals surface area contributed by atoms with Crippen molar-refractivity contribution in [2.45, 2.75) is 25.3 Å². The number of likely N-dealkylation sites (N-methyl/N-ethyl adjacent to an activating group) is 1. The highest BCUT2D eigenvalue weighted by Gasteiger charge is 2.55. The molecular formula is C26H32ClFN8O4. The molecule has 0 spiro atoms. The van der Waals surface area contributed by atoms with Crippen molar-refractivity contribution in [2.24, 2.45) is 29.4 Å². The molecule has 2 bridgehead atoms. The summed E-state index contributed by atoms with van der Waals surface area (Å²) in [4.78, 5) is 48.3. The number of halogens is 2. The lowest BCUT2D eigenvalue weighted by Gasteiger charge is -2.35. The number of aromatic nitrogens is 2. The fourth-order valence-corrected chi connectivity index (χ4v) is 6.74. The Balaban J connectivity index is 1.26. The first-order valence-corrected chi connectivity index (χ1v) is 13.7. The number of hydrogen-bond donors (Lipinski definition) is 3. The standard InChI is InChI=1S/C26H32ClFN8O4/c1-34-4-6-35(7-5-34)20-3-2-17(36(39)40)9-14(20)11-21(37)30-12-16-8-15-10-18(16)23(22(15)24(29)38)32-25-19(28)13-31-26(27)33-25/h2-3,9,13,15-16,18,22-23H,4-8,10-12H2,1H3,(H2,29,38)(H,30,37)(H,31,32,33)/t15-,16+,18-,22+,23-/m1/s1. The van der Waals surface area contributed by atoms with Crippen molar-refractivity contribution in [1.82, 2.24) is 20.2 Å². The zero-order valence-electron chi connectivity index (χ0n) is 22.1. The number of primary amides is 1. The van der Waals surface area contributed by atoms with E-state index in [1.165, 1.54) is 12.1 Å². The van der Waals surface area contributed by atoms with E-state index in [0.29, 0.717) is 24.9 Å². The van der Waals surface area contributed by atoms with E-state index >= 15 is 0 Å². The molecule has 2 saturated carbocycles. The summed E-state index contributed by atoms with van der Waals surface area (Å²) in [7, 11) is 2.04. The van der Waals surface area contributed by atoms with Crippen LogP contribution in [0.4, 0.5) is 21.6 Å². The van der Waals surface area contributed by atoms with E-state index < -0.39 is 28.6 Å². The first kappa shape index (κ1) is 28.0. The van der Waals surface area contributed by atoms with Gasteiger partial charge in [-0.2, -0.15) is 4.98 Å². The number of non-ortho nitro benzene ring substituents is 1. The normalized spacial score (nSPS) is 26.1. The van der Waals surface area contributed by atoms with Crippen molar-refractivity contribution in [2.75, 3.05) is 50.0 Å². The second-order valence-electron chi connectivity index (χ2n) is 10.9. The lowest BCUT2D eigenvalue weighted by Crippen LogP contribution is -2.47. The molecule has 3 fully saturated rings. The Bertz CT molecular complexity index is 1310. The van der Waals surface area contributed by atoms with Crippen LogP contribution in [0.25, 0.3) is 0 Å². The molecule has 2 aromatic rings. The number of nitrogens with two attached hydrogens (primary N) is 1. The third kappa shape index (κ3) is 5.80. The number of rotatable bonds is 9. The van der Waals surface area contributed by atoms with Crippen LogP contribution in [-0.2, 0) is 16.0 Å². The molecule has 1 aromatic carbocycles. The maximum Gasteiger partial charge on any atom is 0.269 e. The Kier molecular flexibility index (Phi) is 8.04. The number of anilines is 2. The Morgan fingerprint density at radius 3 is 2.70 bits per heavy atom. The average Bonchev–Trinajstić information content (AvgIpc) is 3.48. The molecule has 1 aliphatic heterocycles. The molecule has 3 aliphatic rings. The zero-order chi connectivity index (χ0) is 28.6. The molecule has 2 heterocycles. The molecule has 0 radical (unpaired) electrons. The molecule has 2 amide bonds. The predicted molar refractivity (Wildman–Crippen MR) is 146 cm³/mol. The summed E-state index contributed by atoms with van der Waals surface area (Å²) in [6, 6.07) is 4.21. The van der Waals surface area contributed by atoms with Crippen LogP contribution in [0.15, 0.2) is 24.4 Å². The van der Waals surface area contributed by atoms with Crippen molar-refractivity contribution >= 4 is 40.6 Å². The van der Waals surface area contributed by atoms with Gasteiger partial charge in [0.05, 0.1) is 23.5 Å². The topological polar surface area (TPSA) is 160 Å². The first-order chi connectivity index (χ1) is 19.1. The monoisotopic (exact) mass is 574 g/mol. The third-order valence-electron chi connectivity index (χ3n) is 8.52. The van der Waals surface area contributed by atoms with Gasteiger partial charge in [0.2, 0.25) is 17.1 Å². The van der Waals surface area contributed by atoms with Crippen LogP contribution in [0, 0.1) is 39.6 Å². The number of nitrogens with zero attached hydrogens (tertiary/aromatic N) is 5. The van der Waals surface area contributed by atoms with Gasteiger partial charge in [-0.3, -0.25) is 19.7 Å². The second kappa shape index (κ2) is 11.5. The van der Waals surface area contributed by atoms with Gasteiger partial charge in [0.15, 0.2) is 11.6 Å². The molecule has 0 unspecified atom stereocenters. The molecule has 5 rings (SSSR count). The van der Waals surface area contributed by atoms with E-state index in [0.717, 1.165) is 38.1 Å². The molecule has 2 aliphatic carbocycles. The highest BCUT2D eigenvalue weighted by atomic mass is 35.5. The Morgan fingerprint density at radius 2 is 2.00 bits per heavy atom. The number of nitrogens with one attached hydrogen (secondary N) is 2. The lowest BCUT2D eigenvalue weighted by atomic mass is 9.77. The molecule has 5 atom stereocenters. The van der Waals surface area contributed by atoms with Gasteiger partial charge in [0.25, 0.3) is 5.69 Å². The molecule has 1 aromatic heterocycles. The largest absolute Gasteiger partial charge is 0.369 e. The fraction of sp³-hybridized carbons (Fsp3) is 0.538. The van der Waals surface area contributed by atoms with Crippen LogP contribution in [0.5, 0.6) is 0 Å². The quantitative estimate of drug-likeness (QED) is 0.230. The third-order valence-corrected chi connectivity index (χ3v) is 8.70. The number of hydrogen-bond acceptors (Lipinski definition) is 9. The van der Waals surface area contributed by atoms with Crippen molar-refractivity contribution < 1.29 is 18.9 Å². The zero-order valence-corrected chi connectivity index (χ0v) is 22.8. The molecule has 4 N–H and O–H groups in total. The highest BCUT2D eigenvalue weighted by Crippen LogP contribution is 2.52. The summed E-state index contributed by atoms with van der Waals surface area (Å²) in [5.74, 6) is -2.00. The summed E-state index contributed by atoms with van der Waals surface area (Å²) in [5.41, 5.74) is 7.08.